The molecule has 1 aromatic rings. The molecule has 0 aliphatic rings. The fourth-order valence-corrected chi connectivity index (χ4v) is 2.04. The van der Waals surface area contributed by atoms with Crippen molar-refractivity contribution in [2.45, 2.75) is 26.2 Å². The summed E-state index contributed by atoms with van der Waals surface area (Å²) in [6, 6.07) is 6.04. The average Bonchev–Trinajstić information content (AvgIpc) is 2.34. The van der Waals surface area contributed by atoms with Crippen molar-refractivity contribution < 1.29 is 9.47 Å². The van der Waals surface area contributed by atoms with Crippen molar-refractivity contribution >= 4 is 0 Å². The van der Waals surface area contributed by atoms with Gasteiger partial charge in [0.25, 0.3) is 0 Å². The first kappa shape index (κ1) is 13.8. The molecule has 0 aliphatic heterocycles. The van der Waals surface area contributed by atoms with E-state index in [9.17, 15) is 0 Å². The third-order valence-corrected chi connectivity index (χ3v) is 2.92. The van der Waals surface area contributed by atoms with Gasteiger partial charge in [-0.3, -0.25) is 0 Å². The lowest BCUT2D eigenvalue weighted by atomic mass is 9.90. The number of rotatable bonds is 6. The third kappa shape index (κ3) is 3.63. The maximum absolute atomic E-state index is 5.84. The highest BCUT2D eigenvalue weighted by Gasteiger charge is 2.14. The van der Waals surface area contributed by atoms with E-state index in [2.05, 4.69) is 19.9 Å². The molecule has 0 unspecified atom stereocenters. The zero-order valence-corrected chi connectivity index (χ0v) is 11.2. The fourth-order valence-electron chi connectivity index (χ4n) is 2.04. The van der Waals surface area contributed by atoms with Gasteiger partial charge in [-0.25, -0.2) is 0 Å². The molecular weight excluding hydrogens is 214 g/mol. The number of ether oxygens (including phenoxy) is 2. The summed E-state index contributed by atoms with van der Waals surface area (Å²) in [6.07, 6.45) is 1.09. The van der Waals surface area contributed by atoms with Crippen LogP contribution in [0.4, 0.5) is 0 Å². The van der Waals surface area contributed by atoms with Crippen molar-refractivity contribution in [3.05, 3.63) is 23.8 Å². The lowest BCUT2D eigenvalue weighted by Crippen LogP contribution is -2.14. The van der Waals surface area contributed by atoms with Crippen LogP contribution in [0.1, 0.15) is 31.7 Å². The van der Waals surface area contributed by atoms with Crippen molar-refractivity contribution in [1.82, 2.24) is 0 Å². The van der Waals surface area contributed by atoms with Crippen LogP contribution in [0.25, 0.3) is 0 Å². The van der Waals surface area contributed by atoms with E-state index in [-0.39, 0.29) is 0 Å². The summed E-state index contributed by atoms with van der Waals surface area (Å²) in [5, 5.41) is 0. The zero-order valence-electron chi connectivity index (χ0n) is 11.2. The van der Waals surface area contributed by atoms with E-state index in [1.165, 1.54) is 5.56 Å². The number of methoxy groups -OCH3 is 2. The smallest absolute Gasteiger partial charge is 0.160 e. The van der Waals surface area contributed by atoms with Crippen LogP contribution in [-0.2, 0) is 0 Å². The molecule has 1 rings (SSSR count). The van der Waals surface area contributed by atoms with Crippen LogP contribution < -0.4 is 15.2 Å². The maximum atomic E-state index is 5.84. The molecule has 3 heteroatoms. The van der Waals surface area contributed by atoms with Gasteiger partial charge in [0.1, 0.15) is 0 Å². The van der Waals surface area contributed by atoms with E-state index < -0.39 is 0 Å². The quantitative estimate of drug-likeness (QED) is 0.827. The Morgan fingerprint density at radius 2 is 1.76 bits per heavy atom. The topological polar surface area (TPSA) is 44.5 Å². The highest BCUT2D eigenvalue weighted by atomic mass is 16.5. The molecule has 0 aromatic heterocycles. The van der Waals surface area contributed by atoms with E-state index >= 15 is 0 Å². The summed E-state index contributed by atoms with van der Waals surface area (Å²) in [5.74, 6) is 2.55. The molecule has 0 saturated carbocycles. The summed E-state index contributed by atoms with van der Waals surface area (Å²) < 4.78 is 10.5. The largest absolute Gasteiger partial charge is 0.493 e. The summed E-state index contributed by atoms with van der Waals surface area (Å²) in [6.45, 7) is 5.08. The van der Waals surface area contributed by atoms with E-state index in [0.29, 0.717) is 18.4 Å². The molecule has 0 amide bonds. The van der Waals surface area contributed by atoms with Gasteiger partial charge in [-0.1, -0.05) is 19.9 Å². The van der Waals surface area contributed by atoms with Crippen molar-refractivity contribution in [2.24, 2.45) is 11.7 Å². The van der Waals surface area contributed by atoms with Gasteiger partial charge in [0, 0.05) is 0 Å². The van der Waals surface area contributed by atoms with Gasteiger partial charge in [0.2, 0.25) is 0 Å². The Bertz CT molecular complexity index is 350. The van der Waals surface area contributed by atoms with Gasteiger partial charge in [-0.15, -0.1) is 0 Å². The van der Waals surface area contributed by atoms with Crippen LogP contribution in [0.3, 0.4) is 0 Å². The normalized spacial score (nSPS) is 12.6. The molecule has 0 spiro atoms. The standard InChI is InChI=1S/C14H23NO2/c1-10(2)7-12(9-15)11-5-6-13(16-3)14(8-11)17-4/h5-6,8,10,12H,7,9,15H2,1-4H3/t12-/m0/s1. The van der Waals surface area contributed by atoms with Gasteiger partial charge in [-0.2, -0.15) is 0 Å². The fraction of sp³-hybridized carbons (Fsp3) is 0.571. The summed E-state index contributed by atoms with van der Waals surface area (Å²) >= 11 is 0. The molecule has 0 bridgehead atoms. The van der Waals surface area contributed by atoms with Crippen LogP contribution in [0, 0.1) is 5.92 Å². The lowest BCUT2D eigenvalue weighted by Gasteiger charge is -2.19. The Morgan fingerprint density at radius 3 is 2.24 bits per heavy atom. The van der Waals surface area contributed by atoms with Gasteiger partial charge >= 0.3 is 0 Å². The summed E-state index contributed by atoms with van der Waals surface area (Å²) in [4.78, 5) is 0. The molecule has 3 nitrogen and oxygen atoms in total. The molecule has 0 heterocycles. The number of nitrogens with two attached hydrogens (primary N) is 1. The summed E-state index contributed by atoms with van der Waals surface area (Å²) in [7, 11) is 3.30. The number of hydrogen-bond acceptors (Lipinski definition) is 3. The second-order valence-electron chi connectivity index (χ2n) is 4.68. The number of benzene rings is 1. The molecule has 0 radical (unpaired) electrons. The first-order valence-electron chi connectivity index (χ1n) is 6.04. The molecular formula is C14H23NO2. The molecule has 0 aliphatic carbocycles. The van der Waals surface area contributed by atoms with Crippen molar-refractivity contribution in [2.75, 3.05) is 20.8 Å². The molecule has 0 fully saturated rings. The van der Waals surface area contributed by atoms with Gasteiger partial charge < -0.3 is 15.2 Å². The Kier molecular flexibility index (Phi) is 5.29. The Morgan fingerprint density at radius 1 is 1.12 bits per heavy atom. The lowest BCUT2D eigenvalue weighted by molar-refractivity contribution is 0.354. The monoisotopic (exact) mass is 237 g/mol. The zero-order chi connectivity index (χ0) is 12.8. The van der Waals surface area contributed by atoms with Crippen LogP contribution >= 0.6 is 0 Å². The SMILES string of the molecule is COc1ccc([C@H](CN)CC(C)C)cc1OC. The van der Waals surface area contributed by atoms with Crippen molar-refractivity contribution in [3.8, 4) is 11.5 Å². The average molecular weight is 237 g/mol. The highest BCUT2D eigenvalue weighted by molar-refractivity contribution is 5.44. The molecule has 17 heavy (non-hydrogen) atoms. The van der Waals surface area contributed by atoms with Crippen molar-refractivity contribution in [1.29, 1.82) is 0 Å². The third-order valence-electron chi connectivity index (χ3n) is 2.92. The minimum Gasteiger partial charge on any atom is -0.493 e. The van der Waals surface area contributed by atoms with Crippen LogP contribution in [0.15, 0.2) is 18.2 Å². The van der Waals surface area contributed by atoms with Gasteiger partial charge in [0.05, 0.1) is 14.2 Å². The second kappa shape index (κ2) is 6.50. The number of hydrogen-bond donors (Lipinski definition) is 1. The molecule has 0 saturated heterocycles. The highest BCUT2D eigenvalue weighted by Crippen LogP contribution is 2.32. The van der Waals surface area contributed by atoms with Gasteiger partial charge in [-0.05, 0) is 42.5 Å². The minimum atomic E-state index is 0.384. The van der Waals surface area contributed by atoms with E-state index in [0.717, 1.165) is 17.9 Å². The van der Waals surface area contributed by atoms with Crippen LogP contribution in [-0.4, -0.2) is 20.8 Å². The Labute approximate surface area is 104 Å². The predicted molar refractivity (Wildman–Crippen MR) is 70.8 cm³/mol. The minimum absolute atomic E-state index is 0.384. The molecule has 1 aromatic carbocycles. The van der Waals surface area contributed by atoms with E-state index in [1.54, 1.807) is 14.2 Å². The predicted octanol–water partition coefficient (Wildman–Crippen LogP) is 2.79. The Balaban J connectivity index is 2.96. The van der Waals surface area contributed by atoms with E-state index in [4.69, 9.17) is 15.2 Å². The maximum Gasteiger partial charge on any atom is 0.160 e. The summed E-state index contributed by atoms with van der Waals surface area (Å²) in [5.41, 5.74) is 7.06. The van der Waals surface area contributed by atoms with Crippen LogP contribution in [0.5, 0.6) is 11.5 Å². The van der Waals surface area contributed by atoms with E-state index in [1.807, 2.05) is 12.1 Å². The van der Waals surface area contributed by atoms with Gasteiger partial charge in [0.15, 0.2) is 11.5 Å². The van der Waals surface area contributed by atoms with Crippen molar-refractivity contribution in [3.63, 3.8) is 0 Å². The Hall–Kier alpha value is -1.22. The molecule has 96 valence electrons. The molecule has 2 N–H and O–H groups in total. The van der Waals surface area contributed by atoms with Crippen LogP contribution in [0.2, 0.25) is 0 Å². The first-order valence-corrected chi connectivity index (χ1v) is 6.04. The molecule has 1 atom stereocenters. The first-order chi connectivity index (χ1) is 8.12. The second-order valence-corrected chi connectivity index (χ2v) is 4.68.